The molecule has 0 aliphatic heterocycles. The molecule has 6 heteroatoms. The van der Waals surface area contributed by atoms with Crippen LogP contribution in [0.1, 0.15) is 27.8 Å². The van der Waals surface area contributed by atoms with Gasteiger partial charge >= 0.3 is 0 Å². The minimum Gasteiger partial charge on any atom is -0.254 e. The molecule has 262 valence electrons. The van der Waals surface area contributed by atoms with Gasteiger partial charge in [0.05, 0.1) is 57.1 Å². The highest BCUT2D eigenvalue weighted by Gasteiger charge is 2.46. The molecule has 0 bridgehead atoms. The molecule has 4 heterocycles. The topological polar surface area (TPSA) is 79.7 Å². The fourth-order valence-corrected chi connectivity index (χ4v) is 8.79. The monoisotopic (exact) mass is 724 g/mol. The Morgan fingerprint density at radius 3 is 1.47 bits per heavy atom. The van der Waals surface area contributed by atoms with Gasteiger partial charge in [-0.3, -0.25) is 9.97 Å². The van der Waals surface area contributed by atoms with E-state index in [1.807, 2.05) is 60.9 Å². The van der Waals surface area contributed by atoms with Gasteiger partial charge in [0.25, 0.3) is 0 Å². The molecule has 1 aliphatic rings. The van der Waals surface area contributed by atoms with Gasteiger partial charge in [0, 0.05) is 45.1 Å². The van der Waals surface area contributed by atoms with Crippen LogP contribution in [0.25, 0.3) is 82.1 Å². The van der Waals surface area contributed by atoms with Crippen molar-refractivity contribution in [3.63, 3.8) is 0 Å². The summed E-state index contributed by atoms with van der Waals surface area (Å²) in [7, 11) is 0. The number of nitrogens with zero attached hydrogens (tertiary/aromatic N) is 6. The largest absolute Gasteiger partial charge is 0.254 e. The van der Waals surface area contributed by atoms with Gasteiger partial charge < -0.3 is 0 Å². The van der Waals surface area contributed by atoms with E-state index in [9.17, 15) is 5.26 Å². The first kappa shape index (κ1) is 32.4. The number of pyridine rings is 4. The smallest absolute Gasteiger partial charge is 0.187 e. The van der Waals surface area contributed by atoms with Crippen LogP contribution >= 0.6 is 0 Å². The van der Waals surface area contributed by atoms with Crippen molar-refractivity contribution in [1.29, 1.82) is 5.26 Å². The van der Waals surface area contributed by atoms with Crippen LogP contribution in [0.5, 0.6) is 0 Å². The van der Waals surface area contributed by atoms with Crippen LogP contribution in [-0.2, 0) is 5.41 Å². The van der Waals surface area contributed by atoms with Crippen LogP contribution in [-0.4, -0.2) is 19.9 Å². The molecular formula is C51H28N6. The highest BCUT2D eigenvalue weighted by Crippen LogP contribution is 2.57. The third-order valence-electron chi connectivity index (χ3n) is 11.5. The average molecular weight is 725 g/mol. The van der Waals surface area contributed by atoms with Crippen molar-refractivity contribution in [2.45, 2.75) is 5.41 Å². The highest BCUT2D eigenvalue weighted by atomic mass is 14.8. The van der Waals surface area contributed by atoms with Crippen molar-refractivity contribution < 1.29 is 0 Å². The second-order valence-electron chi connectivity index (χ2n) is 14.4. The lowest BCUT2D eigenvalue weighted by Gasteiger charge is -2.34. The maximum atomic E-state index is 10.2. The highest BCUT2D eigenvalue weighted by molar-refractivity contribution is 6.04. The summed E-state index contributed by atoms with van der Waals surface area (Å²) in [4.78, 5) is 23.4. The third kappa shape index (κ3) is 4.88. The summed E-state index contributed by atoms with van der Waals surface area (Å²) < 4.78 is 0. The van der Waals surface area contributed by atoms with Crippen LogP contribution in [0.3, 0.4) is 0 Å². The van der Waals surface area contributed by atoms with E-state index in [1.165, 1.54) is 0 Å². The Labute approximate surface area is 327 Å². The molecule has 0 N–H and O–H groups in total. The number of aromatic nitrogens is 4. The fourth-order valence-electron chi connectivity index (χ4n) is 8.79. The van der Waals surface area contributed by atoms with E-state index in [-0.39, 0.29) is 0 Å². The second-order valence-corrected chi connectivity index (χ2v) is 14.4. The maximum absolute atomic E-state index is 10.2. The Balaban J connectivity index is 1.10. The number of hydrogen-bond donors (Lipinski definition) is 0. The normalized spacial score (nSPS) is 12.7. The predicted octanol–water partition coefficient (Wildman–Crippen LogP) is 12.0. The summed E-state index contributed by atoms with van der Waals surface area (Å²) in [5.74, 6) is 0. The van der Waals surface area contributed by atoms with Gasteiger partial charge in [-0.2, -0.15) is 5.26 Å². The van der Waals surface area contributed by atoms with Crippen molar-refractivity contribution in [3.05, 3.63) is 209 Å². The summed E-state index contributed by atoms with van der Waals surface area (Å²) in [5.41, 5.74) is 13.6. The van der Waals surface area contributed by atoms with E-state index in [0.29, 0.717) is 11.3 Å². The fraction of sp³-hybridized carbons (Fsp3) is 0.0196. The lowest BCUT2D eigenvalue weighted by Crippen LogP contribution is -2.28. The first-order valence-electron chi connectivity index (χ1n) is 18.7. The number of fused-ring (bicyclic) bond motifs is 9. The molecule has 0 saturated heterocycles. The van der Waals surface area contributed by atoms with Gasteiger partial charge in [-0.05, 0) is 69.8 Å². The van der Waals surface area contributed by atoms with E-state index in [4.69, 9.17) is 16.5 Å². The quantitative estimate of drug-likeness (QED) is 0.133. The van der Waals surface area contributed by atoms with E-state index in [2.05, 4.69) is 130 Å². The van der Waals surface area contributed by atoms with E-state index in [1.54, 1.807) is 0 Å². The molecule has 0 fully saturated rings. The first-order chi connectivity index (χ1) is 28.1. The summed E-state index contributed by atoms with van der Waals surface area (Å²) >= 11 is 0. The van der Waals surface area contributed by atoms with Gasteiger partial charge in [-0.15, -0.1) is 0 Å². The molecule has 4 aromatic heterocycles. The van der Waals surface area contributed by atoms with Gasteiger partial charge in [0.1, 0.15) is 0 Å². The number of nitriles is 1. The SMILES string of the molecule is [C-]#[N+]c1ccc2c(c1)C(c1ccc(-c3ccc4ccc5cccnc5c4n3)cc1)(c1ccc(-c3ccc4ccc5cccnc5c4n3)cc1)c1cc(C#N)ccc1-2. The summed E-state index contributed by atoms with van der Waals surface area (Å²) in [6, 6.07) is 56.1. The zero-order chi connectivity index (χ0) is 38.1. The molecule has 0 atom stereocenters. The van der Waals surface area contributed by atoms with Crippen LogP contribution in [0.2, 0.25) is 0 Å². The average Bonchev–Trinajstić information content (AvgIpc) is 3.58. The van der Waals surface area contributed by atoms with E-state index >= 15 is 0 Å². The standard InChI is InChI=1S/C51H28N6/c1-53-40-21-23-42-41-22-6-31(30-52)28-43(41)51(44(42)29-40,38-17-11-32(12-18-38)45-24-15-36-9-7-34-4-2-26-54-47(34)49(36)56-45)39-19-13-33(14-20-39)46-25-16-37-10-8-35-5-3-27-55-48(35)50(37)57-46/h2-29H. The Hall–Kier alpha value is -8.06. The molecule has 0 spiro atoms. The predicted molar refractivity (Wildman–Crippen MR) is 227 cm³/mol. The first-order valence-corrected chi connectivity index (χ1v) is 18.7. The van der Waals surface area contributed by atoms with Crippen molar-refractivity contribution in [1.82, 2.24) is 19.9 Å². The Morgan fingerprint density at radius 1 is 0.491 bits per heavy atom. The molecule has 6 aromatic carbocycles. The third-order valence-corrected chi connectivity index (χ3v) is 11.5. The number of rotatable bonds is 4. The maximum Gasteiger partial charge on any atom is 0.187 e. The molecule has 6 nitrogen and oxygen atoms in total. The van der Waals surface area contributed by atoms with E-state index < -0.39 is 5.41 Å². The van der Waals surface area contributed by atoms with Gasteiger partial charge in [-0.1, -0.05) is 121 Å². The van der Waals surface area contributed by atoms with Crippen LogP contribution in [0.15, 0.2) is 170 Å². The second kappa shape index (κ2) is 12.5. The number of hydrogen-bond acceptors (Lipinski definition) is 5. The lowest BCUT2D eigenvalue weighted by molar-refractivity contribution is 0.769. The van der Waals surface area contributed by atoms with Crippen molar-refractivity contribution >= 4 is 49.3 Å². The summed E-state index contributed by atoms with van der Waals surface area (Å²) in [5, 5.41) is 14.4. The molecule has 57 heavy (non-hydrogen) atoms. The molecule has 0 unspecified atom stereocenters. The summed E-state index contributed by atoms with van der Waals surface area (Å²) in [6.07, 6.45) is 3.62. The van der Waals surface area contributed by atoms with Gasteiger partial charge in [0.2, 0.25) is 0 Å². The van der Waals surface area contributed by atoms with Gasteiger partial charge in [0.15, 0.2) is 5.69 Å². The lowest BCUT2D eigenvalue weighted by atomic mass is 9.67. The minimum absolute atomic E-state index is 0.557. The minimum atomic E-state index is -0.830. The molecule has 10 aromatic rings. The molecular weight excluding hydrogens is 697 g/mol. The zero-order valence-electron chi connectivity index (χ0n) is 30.3. The van der Waals surface area contributed by atoms with Crippen molar-refractivity contribution in [2.24, 2.45) is 0 Å². The van der Waals surface area contributed by atoms with Crippen molar-refractivity contribution in [2.75, 3.05) is 0 Å². The molecule has 1 aliphatic carbocycles. The molecule has 0 saturated carbocycles. The van der Waals surface area contributed by atoms with Gasteiger partial charge in [-0.25, -0.2) is 14.8 Å². The Bertz CT molecular complexity index is 3150. The van der Waals surface area contributed by atoms with Crippen LogP contribution in [0, 0.1) is 17.9 Å². The number of benzene rings is 6. The van der Waals surface area contributed by atoms with E-state index in [0.717, 1.165) is 99.5 Å². The van der Waals surface area contributed by atoms with Crippen LogP contribution in [0.4, 0.5) is 5.69 Å². The molecule has 0 amide bonds. The Kier molecular flexibility index (Phi) is 7.10. The molecule has 0 radical (unpaired) electrons. The van der Waals surface area contributed by atoms with Crippen molar-refractivity contribution in [3.8, 4) is 39.7 Å². The summed E-state index contributed by atoms with van der Waals surface area (Å²) in [6.45, 7) is 7.99. The molecule has 11 rings (SSSR count). The zero-order valence-corrected chi connectivity index (χ0v) is 30.3. The van der Waals surface area contributed by atoms with Crippen LogP contribution < -0.4 is 0 Å². The Morgan fingerprint density at radius 2 is 0.965 bits per heavy atom.